The first-order valence-corrected chi connectivity index (χ1v) is 6.61. The van der Waals surface area contributed by atoms with E-state index >= 15 is 0 Å². The van der Waals surface area contributed by atoms with Crippen LogP contribution in [-0.4, -0.2) is 30.3 Å². The number of Topliss-reactive ketones (excluding diaryl/α,β-unsaturated/α-hetero) is 1. The summed E-state index contributed by atoms with van der Waals surface area (Å²) in [7, 11) is 3.85. The molecule has 1 unspecified atom stereocenters. The van der Waals surface area contributed by atoms with E-state index in [-0.39, 0.29) is 5.78 Å². The van der Waals surface area contributed by atoms with Crippen molar-refractivity contribution in [2.45, 2.75) is 32.7 Å². The summed E-state index contributed by atoms with van der Waals surface area (Å²) in [5, 5.41) is 0.987. The quantitative estimate of drug-likeness (QED) is 0.786. The summed E-state index contributed by atoms with van der Waals surface area (Å²) in [6, 6.07) is 7.79. The molecule has 0 saturated carbocycles. The molecule has 1 heterocycles. The van der Waals surface area contributed by atoms with Gasteiger partial charge in [0.15, 0.2) is 5.76 Å². The van der Waals surface area contributed by atoms with E-state index in [0.29, 0.717) is 5.76 Å². The maximum atomic E-state index is 12.7. The Hall–Kier alpha value is -1.61. The Labute approximate surface area is 114 Å². The van der Waals surface area contributed by atoms with E-state index in [4.69, 9.17) is 4.42 Å². The molecular formula is C16H21NO2. The molecule has 0 radical (unpaired) electrons. The van der Waals surface area contributed by atoms with Crippen molar-refractivity contribution in [1.29, 1.82) is 0 Å². The van der Waals surface area contributed by atoms with Gasteiger partial charge in [-0.2, -0.15) is 0 Å². The first-order valence-electron chi connectivity index (χ1n) is 6.61. The molecule has 1 aromatic carbocycles. The summed E-state index contributed by atoms with van der Waals surface area (Å²) in [6.45, 7) is 6.00. The SMILES string of the molecule is CCC(C)(C(=O)c1cc2cc(C)ccc2o1)N(C)C. The van der Waals surface area contributed by atoms with E-state index in [9.17, 15) is 4.79 Å². The predicted octanol–water partition coefficient (Wildman–Crippen LogP) is 3.65. The zero-order valence-electron chi connectivity index (χ0n) is 12.3. The molecule has 0 N–H and O–H groups in total. The van der Waals surface area contributed by atoms with Gasteiger partial charge in [-0.15, -0.1) is 0 Å². The van der Waals surface area contributed by atoms with Gasteiger partial charge in [0.25, 0.3) is 0 Å². The molecule has 102 valence electrons. The maximum Gasteiger partial charge on any atom is 0.217 e. The largest absolute Gasteiger partial charge is 0.453 e. The Balaban J connectivity index is 2.47. The minimum atomic E-state index is -0.525. The lowest BCUT2D eigenvalue weighted by Crippen LogP contribution is -2.47. The van der Waals surface area contributed by atoms with E-state index in [1.165, 1.54) is 0 Å². The first-order chi connectivity index (χ1) is 8.88. The van der Waals surface area contributed by atoms with Gasteiger partial charge in [0.1, 0.15) is 5.58 Å². The molecule has 2 aromatic rings. The molecule has 0 aliphatic carbocycles. The molecule has 2 rings (SSSR count). The Morgan fingerprint density at radius 1 is 1.32 bits per heavy atom. The van der Waals surface area contributed by atoms with Crippen LogP contribution in [0.3, 0.4) is 0 Å². The zero-order valence-corrected chi connectivity index (χ0v) is 12.3. The van der Waals surface area contributed by atoms with Gasteiger partial charge in [-0.1, -0.05) is 18.6 Å². The molecular weight excluding hydrogens is 238 g/mol. The van der Waals surface area contributed by atoms with Gasteiger partial charge in [0.05, 0.1) is 5.54 Å². The summed E-state index contributed by atoms with van der Waals surface area (Å²) in [6.07, 6.45) is 0.745. The molecule has 19 heavy (non-hydrogen) atoms. The fourth-order valence-electron chi connectivity index (χ4n) is 2.22. The third-order valence-corrected chi connectivity index (χ3v) is 4.06. The Bertz CT molecular complexity index is 612. The molecule has 0 fully saturated rings. The van der Waals surface area contributed by atoms with Crippen molar-refractivity contribution < 1.29 is 9.21 Å². The number of hydrogen-bond acceptors (Lipinski definition) is 3. The Morgan fingerprint density at radius 3 is 2.58 bits per heavy atom. The predicted molar refractivity (Wildman–Crippen MR) is 77.7 cm³/mol. The molecule has 0 saturated heterocycles. The molecule has 0 bridgehead atoms. The van der Waals surface area contributed by atoms with Crippen molar-refractivity contribution in [2.24, 2.45) is 0 Å². The number of furan rings is 1. The second-order valence-electron chi connectivity index (χ2n) is 5.50. The molecule has 0 amide bonds. The third-order valence-electron chi connectivity index (χ3n) is 4.06. The van der Waals surface area contributed by atoms with Gasteiger partial charge < -0.3 is 4.42 Å². The number of carbonyl (C=O) groups is 1. The average molecular weight is 259 g/mol. The van der Waals surface area contributed by atoms with Crippen molar-refractivity contribution in [3.05, 3.63) is 35.6 Å². The van der Waals surface area contributed by atoms with E-state index in [1.54, 1.807) is 0 Å². The lowest BCUT2D eigenvalue weighted by atomic mass is 9.90. The van der Waals surface area contributed by atoms with Crippen molar-refractivity contribution in [1.82, 2.24) is 4.90 Å². The van der Waals surface area contributed by atoms with Crippen molar-refractivity contribution in [3.63, 3.8) is 0 Å². The number of benzene rings is 1. The monoisotopic (exact) mass is 259 g/mol. The smallest absolute Gasteiger partial charge is 0.217 e. The van der Waals surface area contributed by atoms with Crippen LogP contribution in [0.5, 0.6) is 0 Å². The minimum absolute atomic E-state index is 0.0360. The van der Waals surface area contributed by atoms with E-state index < -0.39 is 5.54 Å². The minimum Gasteiger partial charge on any atom is -0.453 e. The van der Waals surface area contributed by atoms with Gasteiger partial charge in [0.2, 0.25) is 5.78 Å². The second kappa shape index (κ2) is 4.82. The highest BCUT2D eigenvalue weighted by Gasteiger charge is 2.36. The summed E-state index contributed by atoms with van der Waals surface area (Å²) in [4.78, 5) is 14.6. The Morgan fingerprint density at radius 2 is 2.00 bits per heavy atom. The molecule has 1 aromatic heterocycles. The van der Waals surface area contributed by atoms with Crippen molar-refractivity contribution in [3.8, 4) is 0 Å². The number of fused-ring (bicyclic) bond motifs is 1. The van der Waals surface area contributed by atoms with Crippen molar-refractivity contribution >= 4 is 16.8 Å². The lowest BCUT2D eigenvalue weighted by Gasteiger charge is -2.33. The van der Waals surface area contributed by atoms with Crippen LogP contribution in [0, 0.1) is 6.92 Å². The molecule has 0 spiro atoms. The molecule has 3 nitrogen and oxygen atoms in total. The van der Waals surface area contributed by atoms with Crippen LogP contribution in [0.2, 0.25) is 0 Å². The van der Waals surface area contributed by atoms with E-state index in [2.05, 4.69) is 0 Å². The summed E-state index contributed by atoms with van der Waals surface area (Å²) >= 11 is 0. The van der Waals surface area contributed by atoms with Crippen LogP contribution < -0.4 is 0 Å². The summed E-state index contributed by atoms with van der Waals surface area (Å²) in [5.74, 6) is 0.479. The van der Waals surface area contributed by atoms with Crippen LogP contribution in [0.25, 0.3) is 11.0 Å². The highest BCUT2D eigenvalue weighted by molar-refractivity contribution is 6.03. The van der Waals surface area contributed by atoms with Gasteiger partial charge in [-0.3, -0.25) is 9.69 Å². The van der Waals surface area contributed by atoms with Crippen LogP contribution in [0.4, 0.5) is 0 Å². The van der Waals surface area contributed by atoms with Gasteiger partial charge in [0, 0.05) is 5.39 Å². The lowest BCUT2D eigenvalue weighted by molar-refractivity contribution is 0.0682. The van der Waals surface area contributed by atoms with Crippen LogP contribution in [-0.2, 0) is 0 Å². The fraction of sp³-hybridized carbons (Fsp3) is 0.438. The normalized spacial score (nSPS) is 14.8. The zero-order chi connectivity index (χ0) is 14.2. The van der Waals surface area contributed by atoms with Crippen molar-refractivity contribution in [2.75, 3.05) is 14.1 Å². The highest BCUT2D eigenvalue weighted by atomic mass is 16.3. The summed E-state index contributed by atoms with van der Waals surface area (Å²) in [5.41, 5.74) is 1.41. The Kier molecular flexibility index (Phi) is 3.50. The van der Waals surface area contributed by atoms with Crippen LogP contribution >= 0.6 is 0 Å². The van der Waals surface area contributed by atoms with Gasteiger partial charge in [-0.25, -0.2) is 0 Å². The molecule has 3 heteroatoms. The number of carbonyl (C=O) groups excluding carboxylic acids is 1. The standard InChI is InChI=1S/C16H21NO2/c1-6-16(3,17(4)5)15(18)14-10-12-9-11(2)7-8-13(12)19-14/h7-10H,6H2,1-5H3. The van der Waals surface area contributed by atoms with Gasteiger partial charge >= 0.3 is 0 Å². The number of ketones is 1. The second-order valence-corrected chi connectivity index (χ2v) is 5.50. The number of rotatable bonds is 4. The maximum absolute atomic E-state index is 12.7. The molecule has 0 aliphatic rings. The van der Waals surface area contributed by atoms with Crippen LogP contribution in [0.1, 0.15) is 36.4 Å². The molecule has 0 aliphatic heterocycles. The topological polar surface area (TPSA) is 33.5 Å². The average Bonchev–Trinajstić information content (AvgIpc) is 2.79. The molecule has 1 atom stereocenters. The highest BCUT2D eigenvalue weighted by Crippen LogP contribution is 2.27. The summed E-state index contributed by atoms with van der Waals surface area (Å²) < 4.78 is 5.71. The van der Waals surface area contributed by atoms with E-state index in [0.717, 1.165) is 23.0 Å². The third kappa shape index (κ3) is 2.30. The van der Waals surface area contributed by atoms with Gasteiger partial charge in [-0.05, 0) is 52.6 Å². The van der Waals surface area contributed by atoms with Crippen LogP contribution in [0.15, 0.2) is 28.7 Å². The van der Waals surface area contributed by atoms with E-state index in [1.807, 2.05) is 64.0 Å². The fourth-order valence-corrected chi connectivity index (χ4v) is 2.22. The number of aryl methyl sites for hydroxylation is 1. The number of nitrogens with zero attached hydrogens (tertiary/aromatic N) is 1. The number of hydrogen-bond donors (Lipinski definition) is 0. The first kappa shape index (κ1) is 13.8. The number of likely N-dealkylation sites (N-methyl/N-ethyl adjacent to an activating group) is 1.